The third-order valence-electron chi connectivity index (χ3n) is 2.71. The molecule has 0 amide bonds. The summed E-state index contributed by atoms with van der Waals surface area (Å²) in [7, 11) is 0. The number of benzene rings is 1. The number of hydrogen-bond donors (Lipinski definition) is 2. The normalized spacial score (nSPS) is 14.2. The summed E-state index contributed by atoms with van der Waals surface area (Å²) in [5, 5.41) is 9.70. The lowest BCUT2D eigenvalue weighted by Crippen LogP contribution is -2.26. The van der Waals surface area contributed by atoms with Gasteiger partial charge in [-0.2, -0.15) is 0 Å². The first kappa shape index (κ1) is 14.4. The Morgan fingerprint density at radius 2 is 1.73 bits per heavy atom. The van der Waals surface area contributed by atoms with Crippen LogP contribution in [-0.2, 0) is 0 Å². The number of aliphatic hydroxyl groups excluding tert-OH is 1. The topological polar surface area (TPSA) is 46.2 Å². The van der Waals surface area contributed by atoms with E-state index in [1.807, 2.05) is 39.0 Å². The van der Waals surface area contributed by atoms with Crippen molar-refractivity contribution in [3.05, 3.63) is 34.9 Å². The molecule has 15 heavy (non-hydrogen) atoms. The number of hydrogen-bond acceptors (Lipinski definition) is 2. The second-order valence-electron chi connectivity index (χ2n) is 3.81. The molecule has 0 heterocycles. The number of halogens is 1. The quantitative estimate of drug-likeness (QED) is 0.837. The highest BCUT2D eigenvalue weighted by molar-refractivity contribution is 5.85. The minimum atomic E-state index is -0.449. The fourth-order valence-electron chi connectivity index (χ4n) is 1.80. The van der Waals surface area contributed by atoms with Gasteiger partial charge in [-0.1, -0.05) is 25.1 Å². The molecule has 0 aliphatic carbocycles. The minimum absolute atomic E-state index is 0. The van der Waals surface area contributed by atoms with E-state index in [4.69, 9.17) is 5.73 Å². The molecule has 2 atom stereocenters. The Morgan fingerprint density at radius 1 is 1.27 bits per heavy atom. The molecule has 0 aliphatic heterocycles. The van der Waals surface area contributed by atoms with Gasteiger partial charge in [0.2, 0.25) is 0 Å². The van der Waals surface area contributed by atoms with E-state index in [1.54, 1.807) is 0 Å². The molecule has 0 bridgehead atoms. The summed E-state index contributed by atoms with van der Waals surface area (Å²) in [6.07, 6.45) is 0.240. The maximum absolute atomic E-state index is 9.70. The highest BCUT2D eigenvalue weighted by atomic mass is 35.5. The van der Waals surface area contributed by atoms with Crippen LogP contribution >= 0.6 is 12.4 Å². The molecular formula is C12H20ClNO. The molecule has 0 aromatic heterocycles. The van der Waals surface area contributed by atoms with E-state index in [-0.39, 0.29) is 18.4 Å². The smallest absolute Gasteiger partial charge is 0.0730 e. The zero-order chi connectivity index (χ0) is 10.7. The van der Waals surface area contributed by atoms with Crippen LogP contribution in [0, 0.1) is 13.8 Å². The summed E-state index contributed by atoms with van der Waals surface area (Å²) in [5.41, 5.74) is 9.40. The monoisotopic (exact) mass is 229 g/mol. The summed E-state index contributed by atoms with van der Waals surface area (Å²) in [6.45, 7) is 6.01. The molecule has 1 aromatic carbocycles. The Kier molecular flexibility index (Phi) is 5.88. The molecule has 3 heteroatoms. The van der Waals surface area contributed by atoms with Gasteiger partial charge in [0.1, 0.15) is 0 Å². The Balaban J connectivity index is 0.00000196. The van der Waals surface area contributed by atoms with Gasteiger partial charge >= 0.3 is 0 Å². The first-order valence-electron chi connectivity index (χ1n) is 5.07. The Labute approximate surface area is 97.9 Å². The lowest BCUT2D eigenvalue weighted by Gasteiger charge is -2.21. The Bertz CT molecular complexity index is 294. The van der Waals surface area contributed by atoms with Crippen LogP contribution in [0.5, 0.6) is 0 Å². The van der Waals surface area contributed by atoms with Crippen molar-refractivity contribution >= 4 is 12.4 Å². The molecule has 2 nitrogen and oxygen atoms in total. The van der Waals surface area contributed by atoms with Crippen LogP contribution in [0.15, 0.2) is 18.2 Å². The fraction of sp³-hybridized carbons (Fsp3) is 0.500. The van der Waals surface area contributed by atoms with Gasteiger partial charge in [0, 0.05) is 0 Å². The van der Waals surface area contributed by atoms with E-state index in [9.17, 15) is 5.11 Å². The van der Waals surface area contributed by atoms with Crippen LogP contribution in [0.25, 0.3) is 0 Å². The molecule has 86 valence electrons. The number of nitrogens with two attached hydrogens (primary N) is 1. The minimum Gasteiger partial charge on any atom is -0.391 e. The van der Waals surface area contributed by atoms with E-state index >= 15 is 0 Å². The third kappa shape index (κ3) is 3.20. The van der Waals surface area contributed by atoms with Crippen molar-refractivity contribution in [1.29, 1.82) is 0 Å². The predicted octanol–water partition coefficient (Wildman–Crippen LogP) is 2.50. The van der Waals surface area contributed by atoms with Crippen molar-refractivity contribution in [2.24, 2.45) is 5.73 Å². The van der Waals surface area contributed by atoms with E-state index in [0.29, 0.717) is 6.42 Å². The van der Waals surface area contributed by atoms with Crippen LogP contribution in [-0.4, -0.2) is 11.2 Å². The summed E-state index contributed by atoms with van der Waals surface area (Å²) < 4.78 is 0. The molecule has 0 aliphatic rings. The molecule has 0 unspecified atom stereocenters. The second-order valence-corrected chi connectivity index (χ2v) is 3.81. The third-order valence-corrected chi connectivity index (χ3v) is 2.71. The van der Waals surface area contributed by atoms with Crippen molar-refractivity contribution in [2.75, 3.05) is 0 Å². The highest BCUT2D eigenvalue weighted by Crippen LogP contribution is 2.23. The maximum Gasteiger partial charge on any atom is 0.0730 e. The zero-order valence-electron chi connectivity index (χ0n) is 9.53. The van der Waals surface area contributed by atoms with Crippen LogP contribution in [0.2, 0.25) is 0 Å². The number of rotatable bonds is 3. The Morgan fingerprint density at radius 3 is 2.13 bits per heavy atom. The average molecular weight is 230 g/mol. The highest BCUT2D eigenvalue weighted by Gasteiger charge is 2.18. The van der Waals surface area contributed by atoms with E-state index in [2.05, 4.69) is 0 Å². The number of aliphatic hydroxyl groups is 1. The molecule has 0 saturated carbocycles. The standard InChI is InChI=1S/C12H19NO.ClH/c1-4-10(14)12(13)11-8(2)6-5-7-9(11)3;/h5-7,10,12,14H,4,13H2,1-3H3;1H/t10-,12-;/m0./s1. The van der Waals surface area contributed by atoms with Crippen LogP contribution in [0.3, 0.4) is 0 Å². The lowest BCUT2D eigenvalue weighted by atomic mass is 9.92. The van der Waals surface area contributed by atoms with Gasteiger partial charge in [-0.3, -0.25) is 0 Å². The molecular weight excluding hydrogens is 210 g/mol. The zero-order valence-corrected chi connectivity index (χ0v) is 10.3. The molecule has 3 N–H and O–H groups in total. The molecule has 0 spiro atoms. The first-order chi connectivity index (χ1) is 6.57. The van der Waals surface area contributed by atoms with Gasteiger partial charge in [0.25, 0.3) is 0 Å². The van der Waals surface area contributed by atoms with Gasteiger partial charge < -0.3 is 10.8 Å². The van der Waals surface area contributed by atoms with Gasteiger partial charge in [-0.15, -0.1) is 12.4 Å². The SMILES string of the molecule is CC[C@H](O)[C@H](N)c1c(C)cccc1C.Cl. The van der Waals surface area contributed by atoms with Crippen LogP contribution < -0.4 is 5.73 Å². The summed E-state index contributed by atoms with van der Waals surface area (Å²) in [4.78, 5) is 0. The van der Waals surface area contributed by atoms with Crippen molar-refractivity contribution in [3.8, 4) is 0 Å². The Hall–Kier alpha value is -0.570. The van der Waals surface area contributed by atoms with Gasteiger partial charge in [0.05, 0.1) is 12.1 Å². The predicted molar refractivity (Wildman–Crippen MR) is 66.4 cm³/mol. The van der Waals surface area contributed by atoms with Gasteiger partial charge in [-0.05, 0) is 37.0 Å². The summed E-state index contributed by atoms with van der Waals surface area (Å²) in [6, 6.07) is 5.81. The molecule has 0 radical (unpaired) electrons. The summed E-state index contributed by atoms with van der Waals surface area (Å²) >= 11 is 0. The average Bonchev–Trinajstić information content (AvgIpc) is 2.16. The summed E-state index contributed by atoms with van der Waals surface area (Å²) in [5.74, 6) is 0. The van der Waals surface area contributed by atoms with Crippen LogP contribution in [0.1, 0.15) is 36.1 Å². The van der Waals surface area contributed by atoms with Crippen molar-refractivity contribution in [3.63, 3.8) is 0 Å². The lowest BCUT2D eigenvalue weighted by molar-refractivity contribution is 0.140. The second kappa shape index (κ2) is 6.11. The van der Waals surface area contributed by atoms with Crippen molar-refractivity contribution in [2.45, 2.75) is 39.3 Å². The van der Waals surface area contributed by atoms with Crippen molar-refractivity contribution in [1.82, 2.24) is 0 Å². The van der Waals surface area contributed by atoms with Crippen LogP contribution in [0.4, 0.5) is 0 Å². The van der Waals surface area contributed by atoms with E-state index < -0.39 is 6.10 Å². The molecule has 0 fully saturated rings. The van der Waals surface area contributed by atoms with Gasteiger partial charge in [-0.25, -0.2) is 0 Å². The van der Waals surface area contributed by atoms with Crippen molar-refractivity contribution < 1.29 is 5.11 Å². The molecule has 0 saturated heterocycles. The molecule has 1 aromatic rings. The van der Waals surface area contributed by atoms with E-state index in [0.717, 1.165) is 16.7 Å². The first-order valence-corrected chi connectivity index (χ1v) is 5.07. The fourth-order valence-corrected chi connectivity index (χ4v) is 1.80. The van der Waals surface area contributed by atoms with E-state index in [1.165, 1.54) is 0 Å². The number of aryl methyl sites for hydroxylation is 2. The largest absolute Gasteiger partial charge is 0.391 e. The van der Waals surface area contributed by atoms with Gasteiger partial charge in [0.15, 0.2) is 0 Å². The maximum atomic E-state index is 9.70. The molecule has 1 rings (SSSR count).